The van der Waals surface area contributed by atoms with E-state index in [2.05, 4.69) is 31.4 Å². The third-order valence-electron chi connectivity index (χ3n) is 4.98. The molecule has 1 saturated carbocycles. The first-order valence-corrected chi connectivity index (χ1v) is 7.08. The van der Waals surface area contributed by atoms with Gasteiger partial charge in [0, 0.05) is 12.6 Å². The van der Waals surface area contributed by atoms with Crippen molar-refractivity contribution in [1.29, 1.82) is 0 Å². The van der Waals surface area contributed by atoms with Crippen molar-refractivity contribution in [3.8, 4) is 0 Å². The molecule has 1 amide bonds. The van der Waals surface area contributed by atoms with Crippen LogP contribution in [0.4, 0.5) is 0 Å². The summed E-state index contributed by atoms with van der Waals surface area (Å²) in [6.07, 6.45) is 4.65. The molecular formula is C14H26N2O. The fourth-order valence-corrected chi connectivity index (χ4v) is 3.38. The number of rotatable bonds is 3. The predicted octanol–water partition coefficient (Wildman–Crippen LogP) is 1.93. The van der Waals surface area contributed by atoms with Crippen LogP contribution in [0.5, 0.6) is 0 Å². The summed E-state index contributed by atoms with van der Waals surface area (Å²) in [6.45, 7) is 8.44. The van der Waals surface area contributed by atoms with Gasteiger partial charge in [0.15, 0.2) is 0 Å². The smallest absolute Gasteiger partial charge is 0.227 e. The first-order valence-electron chi connectivity index (χ1n) is 7.08. The highest BCUT2D eigenvalue weighted by molar-refractivity contribution is 5.83. The maximum absolute atomic E-state index is 12.3. The quantitative estimate of drug-likeness (QED) is 0.789. The van der Waals surface area contributed by atoms with Gasteiger partial charge in [-0.1, -0.05) is 20.3 Å². The third-order valence-corrected chi connectivity index (χ3v) is 4.98. The SMILES string of the molecule is CCC1CCC(NC(=O)C2(C)CCNC2)C1C. The average molecular weight is 238 g/mol. The van der Waals surface area contributed by atoms with E-state index in [1.807, 2.05) is 0 Å². The Labute approximate surface area is 105 Å². The molecule has 0 aromatic heterocycles. The Balaban J connectivity index is 1.91. The molecule has 2 aliphatic rings. The van der Waals surface area contributed by atoms with Crippen LogP contribution in [0.1, 0.15) is 46.5 Å². The third kappa shape index (κ3) is 2.49. The maximum Gasteiger partial charge on any atom is 0.227 e. The van der Waals surface area contributed by atoms with Crippen molar-refractivity contribution >= 4 is 5.91 Å². The van der Waals surface area contributed by atoms with Crippen molar-refractivity contribution in [2.45, 2.75) is 52.5 Å². The number of hydrogen-bond donors (Lipinski definition) is 2. The van der Waals surface area contributed by atoms with Crippen LogP contribution in [0, 0.1) is 17.3 Å². The van der Waals surface area contributed by atoms with Crippen molar-refractivity contribution in [2.75, 3.05) is 13.1 Å². The Morgan fingerprint density at radius 1 is 1.47 bits per heavy atom. The molecule has 2 N–H and O–H groups in total. The first kappa shape index (κ1) is 12.9. The molecule has 3 heteroatoms. The van der Waals surface area contributed by atoms with Crippen LogP contribution in [-0.4, -0.2) is 25.0 Å². The molecule has 1 aliphatic heterocycles. The van der Waals surface area contributed by atoms with Crippen LogP contribution in [0.15, 0.2) is 0 Å². The first-order chi connectivity index (χ1) is 8.07. The van der Waals surface area contributed by atoms with Crippen LogP contribution < -0.4 is 10.6 Å². The van der Waals surface area contributed by atoms with Gasteiger partial charge in [-0.2, -0.15) is 0 Å². The topological polar surface area (TPSA) is 41.1 Å². The summed E-state index contributed by atoms with van der Waals surface area (Å²) in [5.74, 6) is 1.70. The van der Waals surface area contributed by atoms with Crippen LogP contribution in [-0.2, 0) is 4.79 Å². The van der Waals surface area contributed by atoms with Gasteiger partial charge in [-0.3, -0.25) is 4.79 Å². The molecule has 0 bridgehead atoms. The molecule has 4 atom stereocenters. The minimum atomic E-state index is -0.177. The Kier molecular flexibility index (Phi) is 3.76. The van der Waals surface area contributed by atoms with Crippen molar-refractivity contribution in [1.82, 2.24) is 10.6 Å². The summed E-state index contributed by atoms with van der Waals surface area (Å²) in [5.41, 5.74) is -0.177. The lowest BCUT2D eigenvalue weighted by Gasteiger charge is -2.27. The van der Waals surface area contributed by atoms with E-state index in [1.54, 1.807) is 0 Å². The van der Waals surface area contributed by atoms with E-state index < -0.39 is 0 Å². The number of nitrogens with one attached hydrogen (secondary N) is 2. The molecule has 2 rings (SSSR count). The van der Waals surface area contributed by atoms with Gasteiger partial charge in [-0.15, -0.1) is 0 Å². The highest BCUT2D eigenvalue weighted by Gasteiger charge is 2.39. The molecule has 98 valence electrons. The normalized spacial score (nSPS) is 41.7. The van der Waals surface area contributed by atoms with Gasteiger partial charge >= 0.3 is 0 Å². The summed E-state index contributed by atoms with van der Waals surface area (Å²) < 4.78 is 0. The minimum absolute atomic E-state index is 0.177. The van der Waals surface area contributed by atoms with E-state index in [4.69, 9.17) is 0 Å². The van der Waals surface area contributed by atoms with Crippen LogP contribution >= 0.6 is 0 Å². The van der Waals surface area contributed by atoms with E-state index in [0.29, 0.717) is 12.0 Å². The van der Waals surface area contributed by atoms with E-state index in [0.717, 1.165) is 31.8 Å². The van der Waals surface area contributed by atoms with Gasteiger partial charge < -0.3 is 10.6 Å². The average Bonchev–Trinajstić information content (AvgIpc) is 2.88. The minimum Gasteiger partial charge on any atom is -0.353 e. The number of amides is 1. The van der Waals surface area contributed by atoms with Crippen molar-refractivity contribution in [2.24, 2.45) is 17.3 Å². The van der Waals surface area contributed by atoms with Crippen molar-refractivity contribution in [3.63, 3.8) is 0 Å². The van der Waals surface area contributed by atoms with Crippen LogP contribution in [0.2, 0.25) is 0 Å². The lowest BCUT2D eigenvalue weighted by Crippen LogP contribution is -2.46. The standard InChI is InChI=1S/C14H26N2O/c1-4-11-5-6-12(10(11)2)16-13(17)14(3)7-8-15-9-14/h10-12,15H,4-9H2,1-3H3,(H,16,17). The van der Waals surface area contributed by atoms with E-state index in [-0.39, 0.29) is 11.3 Å². The highest BCUT2D eigenvalue weighted by Crippen LogP contribution is 2.35. The zero-order chi connectivity index (χ0) is 12.5. The zero-order valence-electron chi connectivity index (χ0n) is 11.4. The van der Waals surface area contributed by atoms with E-state index in [9.17, 15) is 4.79 Å². The summed E-state index contributed by atoms with van der Waals surface area (Å²) in [6, 6.07) is 0.407. The summed E-state index contributed by atoms with van der Waals surface area (Å²) >= 11 is 0. The molecule has 2 fully saturated rings. The Bertz CT molecular complexity index is 284. The van der Waals surface area contributed by atoms with Crippen LogP contribution in [0.3, 0.4) is 0 Å². The number of hydrogen-bond acceptors (Lipinski definition) is 2. The molecule has 0 radical (unpaired) electrons. The summed E-state index contributed by atoms with van der Waals surface area (Å²) in [4.78, 5) is 12.3. The van der Waals surface area contributed by atoms with Gasteiger partial charge in [-0.25, -0.2) is 0 Å². The molecule has 3 nitrogen and oxygen atoms in total. The number of carbonyl (C=O) groups is 1. The second-order valence-corrected chi connectivity index (χ2v) is 6.17. The van der Waals surface area contributed by atoms with Gasteiger partial charge in [0.2, 0.25) is 5.91 Å². The Morgan fingerprint density at radius 2 is 2.24 bits per heavy atom. The van der Waals surface area contributed by atoms with E-state index in [1.165, 1.54) is 12.8 Å². The molecule has 1 aliphatic carbocycles. The zero-order valence-corrected chi connectivity index (χ0v) is 11.4. The molecule has 1 saturated heterocycles. The summed E-state index contributed by atoms with van der Waals surface area (Å²) in [7, 11) is 0. The highest BCUT2D eigenvalue weighted by atomic mass is 16.2. The van der Waals surface area contributed by atoms with Gasteiger partial charge in [0.25, 0.3) is 0 Å². The van der Waals surface area contributed by atoms with Crippen LogP contribution in [0.25, 0.3) is 0 Å². The number of carbonyl (C=O) groups excluding carboxylic acids is 1. The molecule has 1 heterocycles. The molecule has 0 aromatic rings. The lowest BCUT2D eigenvalue weighted by molar-refractivity contribution is -0.130. The van der Waals surface area contributed by atoms with Gasteiger partial charge in [0.1, 0.15) is 0 Å². The predicted molar refractivity (Wildman–Crippen MR) is 69.7 cm³/mol. The second kappa shape index (κ2) is 4.97. The Morgan fingerprint density at radius 3 is 2.76 bits per heavy atom. The molecule has 17 heavy (non-hydrogen) atoms. The Hall–Kier alpha value is -0.570. The van der Waals surface area contributed by atoms with Crippen molar-refractivity contribution < 1.29 is 4.79 Å². The fourth-order valence-electron chi connectivity index (χ4n) is 3.38. The molecular weight excluding hydrogens is 212 g/mol. The van der Waals surface area contributed by atoms with E-state index >= 15 is 0 Å². The van der Waals surface area contributed by atoms with Gasteiger partial charge in [0.05, 0.1) is 5.41 Å². The van der Waals surface area contributed by atoms with Gasteiger partial charge in [-0.05, 0) is 44.6 Å². The second-order valence-electron chi connectivity index (χ2n) is 6.17. The maximum atomic E-state index is 12.3. The summed E-state index contributed by atoms with van der Waals surface area (Å²) in [5, 5.41) is 6.59. The largest absolute Gasteiger partial charge is 0.353 e. The fraction of sp³-hybridized carbons (Fsp3) is 0.929. The molecule has 4 unspecified atom stereocenters. The van der Waals surface area contributed by atoms with Crippen molar-refractivity contribution in [3.05, 3.63) is 0 Å². The molecule has 0 aromatic carbocycles. The lowest BCUT2D eigenvalue weighted by atomic mass is 9.87. The monoisotopic (exact) mass is 238 g/mol. The molecule has 0 spiro atoms.